The van der Waals surface area contributed by atoms with E-state index in [1.807, 2.05) is 6.07 Å². The van der Waals surface area contributed by atoms with E-state index in [0.29, 0.717) is 4.70 Å². The van der Waals surface area contributed by atoms with Gasteiger partial charge in [-0.2, -0.15) is 0 Å². The van der Waals surface area contributed by atoms with Gasteiger partial charge in [0.25, 0.3) is 5.56 Å². The Kier molecular flexibility index (Phi) is 3.81. The number of aromatic nitrogens is 3. The maximum absolute atomic E-state index is 12.3. The first-order valence-electron chi connectivity index (χ1n) is 9.50. The average Bonchev–Trinajstić information content (AvgIpc) is 3.18. The van der Waals surface area contributed by atoms with E-state index in [2.05, 4.69) is 60.0 Å². The van der Waals surface area contributed by atoms with Gasteiger partial charge < -0.3 is 9.88 Å². The van der Waals surface area contributed by atoms with Gasteiger partial charge in [-0.05, 0) is 34.9 Å². The second kappa shape index (κ2) is 6.14. The summed E-state index contributed by atoms with van der Waals surface area (Å²) in [5.74, 6) is 1.03. The summed E-state index contributed by atoms with van der Waals surface area (Å²) in [6.07, 6.45) is 3.47. The lowest BCUT2D eigenvalue weighted by Crippen LogP contribution is -2.20. The molecule has 5 rings (SSSR count). The summed E-state index contributed by atoms with van der Waals surface area (Å²) in [5.41, 5.74) is 4.76. The van der Waals surface area contributed by atoms with Gasteiger partial charge in [0.15, 0.2) is 0 Å². The molecular weight excluding hydrogens is 368 g/mol. The van der Waals surface area contributed by atoms with Crippen molar-refractivity contribution >= 4 is 37.6 Å². The first-order chi connectivity index (χ1) is 13.4. The van der Waals surface area contributed by atoms with Crippen LogP contribution in [0.2, 0.25) is 0 Å². The van der Waals surface area contributed by atoms with Gasteiger partial charge in [0.05, 0.1) is 11.8 Å². The van der Waals surface area contributed by atoms with E-state index in [0.717, 1.165) is 40.9 Å². The van der Waals surface area contributed by atoms with Gasteiger partial charge in [-0.3, -0.25) is 4.79 Å². The number of nitrogens with zero attached hydrogens (tertiary/aromatic N) is 3. The Bertz CT molecular complexity index is 1260. The van der Waals surface area contributed by atoms with E-state index in [1.165, 1.54) is 34.4 Å². The minimum absolute atomic E-state index is 0.0850. The summed E-state index contributed by atoms with van der Waals surface area (Å²) in [6, 6.07) is 10.5. The molecule has 142 valence electrons. The van der Waals surface area contributed by atoms with Crippen molar-refractivity contribution in [3.63, 3.8) is 0 Å². The van der Waals surface area contributed by atoms with E-state index >= 15 is 0 Å². The van der Waals surface area contributed by atoms with Crippen molar-refractivity contribution in [2.24, 2.45) is 5.41 Å². The lowest BCUT2D eigenvalue weighted by molar-refractivity contribution is 0.393. The van der Waals surface area contributed by atoms with Crippen LogP contribution in [0.25, 0.3) is 20.4 Å². The van der Waals surface area contributed by atoms with Crippen LogP contribution >= 0.6 is 11.3 Å². The van der Waals surface area contributed by atoms with Gasteiger partial charge in [-0.1, -0.05) is 44.2 Å². The zero-order chi connectivity index (χ0) is 19.5. The van der Waals surface area contributed by atoms with Crippen LogP contribution in [0.1, 0.15) is 30.5 Å². The van der Waals surface area contributed by atoms with Crippen molar-refractivity contribution < 1.29 is 0 Å². The average molecular weight is 391 g/mol. The third-order valence-corrected chi connectivity index (χ3v) is 6.61. The molecular formula is C22H22N4OS. The third-order valence-electron chi connectivity index (χ3n) is 5.54. The van der Waals surface area contributed by atoms with Gasteiger partial charge in [0.1, 0.15) is 15.3 Å². The van der Waals surface area contributed by atoms with Crippen LogP contribution in [0.3, 0.4) is 0 Å². The fraction of sp³-hybridized carbons (Fsp3) is 0.318. The fourth-order valence-corrected chi connectivity index (χ4v) is 5.41. The highest BCUT2D eigenvalue weighted by atomic mass is 32.1. The molecule has 0 fully saturated rings. The second-order valence-corrected chi connectivity index (χ2v) is 9.44. The standard InChI is InChI=1S/C22H22N4OS/c1-22(2)9-14-15(10-22)19(26(3)11-13-7-5-4-6-8-13)25-21-16(14)17-18(28-21)20(27)24-12-23-17/h4-8,12H,9-11H2,1-3H3,(H,23,24,27). The van der Waals surface area contributed by atoms with E-state index in [9.17, 15) is 4.79 Å². The van der Waals surface area contributed by atoms with Crippen molar-refractivity contribution in [2.75, 3.05) is 11.9 Å². The molecule has 4 aromatic rings. The number of hydrogen-bond donors (Lipinski definition) is 1. The third kappa shape index (κ3) is 2.71. The quantitative estimate of drug-likeness (QED) is 0.567. The highest BCUT2D eigenvalue weighted by molar-refractivity contribution is 7.25. The first kappa shape index (κ1) is 17.4. The summed E-state index contributed by atoms with van der Waals surface area (Å²) in [6.45, 7) is 5.40. The minimum atomic E-state index is -0.0850. The number of anilines is 1. The summed E-state index contributed by atoms with van der Waals surface area (Å²) in [4.78, 5) is 27.7. The van der Waals surface area contributed by atoms with Crippen molar-refractivity contribution in [3.8, 4) is 0 Å². The first-order valence-corrected chi connectivity index (χ1v) is 10.3. The molecule has 1 aliphatic carbocycles. The molecule has 1 aliphatic rings. The molecule has 5 nitrogen and oxygen atoms in total. The number of benzene rings is 1. The van der Waals surface area contributed by atoms with Crippen LogP contribution < -0.4 is 10.5 Å². The molecule has 0 bridgehead atoms. The van der Waals surface area contributed by atoms with Gasteiger partial charge in [-0.15, -0.1) is 11.3 Å². The van der Waals surface area contributed by atoms with Gasteiger partial charge in [0, 0.05) is 19.0 Å². The number of fused-ring (bicyclic) bond motifs is 5. The second-order valence-electron chi connectivity index (χ2n) is 8.44. The Hall–Kier alpha value is -2.73. The molecule has 0 saturated carbocycles. The van der Waals surface area contributed by atoms with Crippen LogP contribution in [0, 0.1) is 5.41 Å². The van der Waals surface area contributed by atoms with Crippen LogP contribution in [0.15, 0.2) is 41.5 Å². The van der Waals surface area contributed by atoms with E-state index in [1.54, 1.807) is 0 Å². The SMILES string of the molecule is CN(Cc1ccccc1)c1nc2sc3c(=O)[nH]cnc3c2c2c1CC(C)(C)C2. The Morgan fingerprint density at radius 2 is 1.93 bits per heavy atom. The van der Waals surface area contributed by atoms with E-state index < -0.39 is 0 Å². The molecule has 6 heteroatoms. The molecule has 1 N–H and O–H groups in total. The molecule has 0 radical (unpaired) electrons. The lowest BCUT2D eigenvalue weighted by atomic mass is 9.90. The Labute approximate surface area is 167 Å². The summed E-state index contributed by atoms with van der Waals surface area (Å²) in [7, 11) is 2.10. The van der Waals surface area contributed by atoms with Crippen LogP contribution in [-0.2, 0) is 19.4 Å². The molecule has 0 saturated heterocycles. The molecule has 1 aromatic carbocycles. The number of hydrogen-bond acceptors (Lipinski definition) is 5. The highest BCUT2D eigenvalue weighted by Gasteiger charge is 2.35. The summed E-state index contributed by atoms with van der Waals surface area (Å²) >= 11 is 1.45. The maximum atomic E-state index is 12.3. The number of aromatic amines is 1. The lowest BCUT2D eigenvalue weighted by Gasteiger charge is -2.22. The Morgan fingerprint density at radius 1 is 1.18 bits per heavy atom. The van der Waals surface area contributed by atoms with Crippen LogP contribution in [0.5, 0.6) is 0 Å². The van der Waals surface area contributed by atoms with Gasteiger partial charge in [0.2, 0.25) is 0 Å². The normalized spacial score (nSPS) is 15.2. The number of H-pyrrole nitrogens is 1. The van der Waals surface area contributed by atoms with Crippen molar-refractivity contribution in [3.05, 3.63) is 63.7 Å². The predicted molar refractivity (Wildman–Crippen MR) is 115 cm³/mol. The molecule has 0 atom stereocenters. The van der Waals surface area contributed by atoms with Crippen molar-refractivity contribution in [1.29, 1.82) is 0 Å². The van der Waals surface area contributed by atoms with Crippen LogP contribution in [-0.4, -0.2) is 22.0 Å². The van der Waals surface area contributed by atoms with Crippen molar-refractivity contribution in [1.82, 2.24) is 15.0 Å². The zero-order valence-electron chi connectivity index (χ0n) is 16.2. The Balaban J connectivity index is 1.73. The predicted octanol–water partition coefficient (Wildman–Crippen LogP) is 4.29. The number of pyridine rings is 1. The van der Waals surface area contributed by atoms with Gasteiger partial charge >= 0.3 is 0 Å². The molecule has 28 heavy (non-hydrogen) atoms. The molecule has 0 unspecified atom stereocenters. The van der Waals surface area contributed by atoms with Crippen LogP contribution in [0.4, 0.5) is 5.82 Å². The smallest absolute Gasteiger partial charge is 0.268 e. The van der Waals surface area contributed by atoms with E-state index in [-0.39, 0.29) is 11.0 Å². The molecule has 3 heterocycles. The largest absolute Gasteiger partial charge is 0.355 e. The Morgan fingerprint density at radius 3 is 2.71 bits per heavy atom. The zero-order valence-corrected chi connectivity index (χ0v) is 17.1. The summed E-state index contributed by atoms with van der Waals surface area (Å²) in [5, 5.41) is 1.07. The van der Waals surface area contributed by atoms with Crippen molar-refractivity contribution in [2.45, 2.75) is 33.2 Å². The van der Waals surface area contributed by atoms with Gasteiger partial charge in [-0.25, -0.2) is 9.97 Å². The highest BCUT2D eigenvalue weighted by Crippen LogP contribution is 2.46. The molecule has 0 spiro atoms. The topological polar surface area (TPSA) is 61.9 Å². The molecule has 0 amide bonds. The maximum Gasteiger partial charge on any atom is 0.268 e. The number of nitrogens with one attached hydrogen (secondary N) is 1. The minimum Gasteiger partial charge on any atom is -0.355 e. The molecule has 3 aromatic heterocycles. The fourth-order valence-electron chi connectivity index (χ4n) is 4.36. The molecule has 0 aliphatic heterocycles. The summed E-state index contributed by atoms with van der Waals surface area (Å²) < 4.78 is 0.666. The number of thiophene rings is 1. The monoisotopic (exact) mass is 390 g/mol. The van der Waals surface area contributed by atoms with E-state index in [4.69, 9.17) is 4.98 Å². The number of rotatable bonds is 3.